The van der Waals surface area contributed by atoms with Crippen molar-refractivity contribution in [2.45, 2.75) is 71.6 Å². The quantitative estimate of drug-likeness (QED) is 0.296. The van der Waals surface area contributed by atoms with E-state index in [9.17, 15) is 24.3 Å². The molecule has 3 rings (SSSR count). The molecule has 2 unspecified atom stereocenters. The van der Waals surface area contributed by atoms with Crippen LogP contribution >= 0.6 is 11.3 Å². The molecule has 1 aliphatic heterocycles. The molecule has 3 heterocycles. The summed E-state index contributed by atoms with van der Waals surface area (Å²) in [5, 5.41) is 14.3. The SMILES string of the molecule is CC(=O)OC(CC(C(C)C)N(C)C(=O)CC1COC1)c1nc(C(=O)N[C@@H](Cc2ncccn2)C[C@H](C)C(=O)O)cs1. The van der Waals surface area contributed by atoms with Crippen LogP contribution in [0.5, 0.6) is 0 Å². The van der Waals surface area contributed by atoms with Crippen LogP contribution in [0.4, 0.5) is 0 Å². The first kappa shape index (κ1) is 32.1. The lowest BCUT2D eigenvalue weighted by Crippen LogP contribution is -2.44. The summed E-state index contributed by atoms with van der Waals surface area (Å²) >= 11 is 1.19. The van der Waals surface area contributed by atoms with Crippen LogP contribution < -0.4 is 5.32 Å². The molecule has 2 amide bonds. The maximum Gasteiger partial charge on any atom is 0.306 e. The van der Waals surface area contributed by atoms with E-state index in [-0.39, 0.29) is 42.3 Å². The number of rotatable bonds is 15. The number of aliphatic carboxylic acids is 1. The highest BCUT2D eigenvalue weighted by Crippen LogP contribution is 2.31. The van der Waals surface area contributed by atoms with Gasteiger partial charge in [-0.3, -0.25) is 19.2 Å². The van der Waals surface area contributed by atoms with Crippen molar-refractivity contribution in [2.24, 2.45) is 17.8 Å². The maximum atomic E-state index is 13.2. The number of carbonyl (C=O) groups excluding carboxylic acids is 3. The number of thiazole rings is 1. The Kier molecular flexibility index (Phi) is 11.7. The van der Waals surface area contributed by atoms with Gasteiger partial charge in [-0.15, -0.1) is 11.3 Å². The number of hydrogen-bond acceptors (Lipinski definition) is 10. The molecule has 41 heavy (non-hydrogen) atoms. The van der Waals surface area contributed by atoms with Gasteiger partial charge < -0.3 is 24.8 Å². The normalized spacial score (nSPS) is 16.2. The number of esters is 1. The summed E-state index contributed by atoms with van der Waals surface area (Å²) in [5.74, 6) is -1.88. The summed E-state index contributed by atoms with van der Waals surface area (Å²) in [6.07, 6.45) is 3.56. The van der Waals surface area contributed by atoms with Gasteiger partial charge >= 0.3 is 11.9 Å². The topological polar surface area (TPSA) is 161 Å². The van der Waals surface area contributed by atoms with Crippen molar-refractivity contribution < 1.29 is 33.8 Å². The predicted octanol–water partition coefficient (Wildman–Crippen LogP) is 2.90. The van der Waals surface area contributed by atoms with Crippen molar-refractivity contribution in [3.63, 3.8) is 0 Å². The molecule has 2 aromatic heterocycles. The molecule has 1 fully saturated rings. The average Bonchev–Trinajstić information content (AvgIpc) is 3.38. The first-order valence-corrected chi connectivity index (χ1v) is 14.6. The molecule has 0 spiro atoms. The Morgan fingerprint density at radius 1 is 1.17 bits per heavy atom. The average molecular weight is 590 g/mol. The molecule has 1 saturated heterocycles. The fourth-order valence-electron chi connectivity index (χ4n) is 4.65. The van der Waals surface area contributed by atoms with Crippen molar-refractivity contribution in [1.29, 1.82) is 0 Å². The van der Waals surface area contributed by atoms with E-state index in [2.05, 4.69) is 20.3 Å². The molecule has 224 valence electrons. The summed E-state index contributed by atoms with van der Waals surface area (Å²) in [6, 6.07) is 0.895. The number of carbonyl (C=O) groups is 4. The summed E-state index contributed by atoms with van der Waals surface area (Å²) in [7, 11) is 1.76. The van der Waals surface area contributed by atoms with Crippen molar-refractivity contribution in [3.8, 4) is 0 Å². The summed E-state index contributed by atoms with van der Waals surface area (Å²) in [4.78, 5) is 64.2. The maximum absolute atomic E-state index is 13.2. The van der Waals surface area contributed by atoms with E-state index < -0.39 is 35.9 Å². The lowest BCUT2D eigenvalue weighted by Gasteiger charge is -2.35. The first-order valence-electron chi connectivity index (χ1n) is 13.7. The number of ether oxygens (including phenoxy) is 2. The van der Waals surface area contributed by atoms with E-state index in [1.54, 1.807) is 42.7 Å². The van der Waals surface area contributed by atoms with Gasteiger partial charge in [0.15, 0.2) is 6.10 Å². The third kappa shape index (κ3) is 9.56. The Morgan fingerprint density at radius 2 is 1.85 bits per heavy atom. The molecule has 1 aliphatic rings. The van der Waals surface area contributed by atoms with E-state index in [0.717, 1.165) is 0 Å². The standard InChI is InChI=1S/C28H39N5O7S/c1-16(2)22(33(5)25(35)10-19-13-39-14-19)12-23(40-18(4)34)27-32-21(15-41-27)26(36)31-20(9-17(3)28(37)38)11-24-29-7-6-8-30-24/h6-8,15-17,19-20,22-23H,9-14H2,1-5H3,(H,31,36)(H,37,38)/t17-,20+,22?,23?/m0/s1. The van der Waals surface area contributed by atoms with Crippen molar-refractivity contribution >= 4 is 35.1 Å². The lowest BCUT2D eigenvalue weighted by molar-refractivity contribution is -0.149. The van der Waals surface area contributed by atoms with Crippen molar-refractivity contribution in [3.05, 3.63) is 40.4 Å². The number of amides is 2. The Hall–Kier alpha value is -3.45. The van der Waals surface area contributed by atoms with Crippen LogP contribution in [0.25, 0.3) is 0 Å². The highest BCUT2D eigenvalue weighted by atomic mass is 32.1. The molecule has 0 saturated carbocycles. The number of hydrogen-bond donors (Lipinski definition) is 2. The molecule has 4 atom stereocenters. The second kappa shape index (κ2) is 15.0. The van der Waals surface area contributed by atoms with Gasteiger partial charge in [0.25, 0.3) is 5.91 Å². The smallest absolute Gasteiger partial charge is 0.306 e. The Morgan fingerprint density at radius 3 is 2.41 bits per heavy atom. The summed E-state index contributed by atoms with van der Waals surface area (Å²) in [5.41, 5.74) is 0.125. The molecular weight excluding hydrogens is 550 g/mol. The molecule has 0 aromatic carbocycles. The minimum Gasteiger partial charge on any atom is -0.481 e. The Bertz CT molecular complexity index is 1190. The summed E-state index contributed by atoms with van der Waals surface area (Å²) < 4.78 is 10.8. The van der Waals surface area contributed by atoms with Crippen LogP contribution in [0.1, 0.15) is 74.4 Å². The third-order valence-corrected chi connectivity index (χ3v) is 8.00. The van der Waals surface area contributed by atoms with Crippen LogP contribution in [-0.4, -0.2) is 81.1 Å². The van der Waals surface area contributed by atoms with Gasteiger partial charge in [0, 0.05) is 69.0 Å². The van der Waals surface area contributed by atoms with Gasteiger partial charge in [0.1, 0.15) is 16.5 Å². The van der Waals surface area contributed by atoms with Crippen LogP contribution in [0, 0.1) is 17.8 Å². The van der Waals surface area contributed by atoms with Crippen LogP contribution in [0.15, 0.2) is 23.8 Å². The highest BCUT2D eigenvalue weighted by Gasteiger charge is 2.32. The number of aromatic nitrogens is 3. The molecule has 2 aromatic rings. The Balaban J connectivity index is 1.75. The minimum absolute atomic E-state index is 0.00167. The van der Waals surface area contributed by atoms with Crippen LogP contribution in [0.2, 0.25) is 0 Å². The number of nitrogens with one attached hydrogen (secondary N) is 1. The number of nitrogens with zero attached hydrogens (tertiary/aromatic N) is 4. The van der Waals surface area contributed by atoms with Gasteiger partial charge in [-0.1, -0.05) is 20.8 Å². The van der Waals surface area contributed by atoms with Crippen molar-refractivity contribution in [1.82, 2.24) is 25.2 Å². The van der Waals surface area contributed by atoms with Gasteiger partial charge in [0.05, 0.1) is 19.1 Å². The van der Waals surface area contributed by atoms with E-state index in [0.29, 0.717) is 36.9 Å². The zero-order valence-electron chi connectivity index (χ0n) is 24.1. The molecule has 0 bridgehead atoms. The van der Waals surface area contributed by atoms with Crippen molar-refractivity contribution in [2.75, 3.05) is 20.3 Å². The van der Waals surface area contributed by atoms with Gasteiger partial charge in [0.2, 0.25) is 5.91 Å². The van der Waals surface area contributed by atoms with E-state index in [1.807, 2.05) is 13.8 Å². The summed E-state index contributed by atoms with van der Waals surface area (Å²) in [6.45, 7) is 8.05. The van der Waals surface area contributed by atoms with Gasteiger partial charge in [-0.05, 0) is 18.4 Å². The largest absolute Gasteiger partial charge is 0.481 e. The van der Waals surface area contributed by atoms with E-state index >= 15 is 0 Å². The van der Waals surface area contributed by atoms with E-state index in [4.69, 9.17) is 9.47 Å². The monoisotopic (exact) mass is 589 g/mol. The van der Waals surface area contributed by atoms with E-state index in [1.165, 1.54) is 18.3 Å². The third-order valence-electron chi connectivity index (χ3n) is 7.07. The lowest BCUT2D eigenvalue weighted by atomic mass is 9.95. The fraction of sp³-hybridized carbons (Fsp3) is 0.607. The van der Waals surface area contributed by atoms with Gasteiger partial charge in [-0.2, -0.15) is 0 Å². The molecular formula is C28H39N5O7S. The second-order valence-corrected chi connectivity index (χ2v) is 11.7. The zero-order valence-corrected chi connectivity index (χ0v) is 24.9. The van der Waals surface area contributed by atoms with Crippen LogP contribution in [-0.2, 0) is 30.3 Å². The molecule has 13 heteroatoms. The zero-order chi connectivity index (χ0) is 30.1. The first-order chi connectivity index (χ1) is 19.4. The molecule has 12 nitrogen and oxygen atoms in total. The molecule has 0 aliphatic carbocycles. The number of carboxylic acid groups (broad SMARTS) is 1. The highest BCUT2D eigenvalue weighted by molar-refractivity contribution is 7.09. The molecule has 2 N–H and O–H groups in total. The van der Waals surface area contributed by atoms with Crippen LogP contribution in [0.3, 0.4) is 0 Å². The minimum atomic E-state index is -0.970. The number of carboxylic acids is 1. The molecule has 0 radical (unpaired) electrons. The fourth-order valence-corrected chi connectivity index (χ4v) is 5.49. The predicted molar refractivity (Wildman–Crippen MR) is 150 cm³/mol. The second-order valence-electron chi connectivity index (χ2n) is 10.8. The Labute approximate surface area is 243 Å². The van der Waals surface area contributed by atoms with Gasteiger partial charge in [-0.25, -0.2) is 15.0 Å².